The SMILES string of the molecule is c1cc(CN2CCCC2c2nc(-c3ccncc3)no2)n(-c2nccs2)c1. The molecule has 1 unspecified atom stereocenters. The third kappa shape index (κ3) is 3.17. The molecule has 27 heavy (non-hydrogen) atoms. The lowest BCUT2D eigenvalue weighted by Gasteiger charge is -2.21. The molecule has 0 spiro atoms. The maximum Gasteiger partial charge on any atom is 0.244 e. The Morgan fingerprint density at radius 3 is 2.96 bits per heavy atom. The van der Waals surface area contributed by atoms with Crippen molar-refractivity contribution in [3.8, 4) is 16.5 Å². The van der Waals surface area contributed by atoms with Gasteiger partial charge >= 0.3 is 0 Å². The fourth-order valence-electron chi connectivity index (χ4n) is 3.56. The van der Waals surface area contributed by atoms with E-state index in [9.17, 15) is 0 Å². The second-order valence-corrected chi connectivity index (χ2v) is 7.38. The summed E-state index contributed by atoms with van der Waals surface area (Å²) >= 11 is 1.64. The summed E-state index contributed by atoms with van der Waals surface area (Å²) in [6.45, 7) is 1.84. The minimum absolute atomic E-state index is 0.146. The smallest absolute Gasteiger partial charge is 0.244 e. The lowest BCUT2D eigenvalue weighted by Crippen LogP contribution is -2.24. The third-order valence-corrected chi connectivity index (χ3v) is 5.62. The number of hydrogen-bond acceptors (Lipinski definition) is 7. The number of thiazole rings is 1. The molecule has 0 saturated carbocycles. The molecule has 7 nitrogen and oxygen atoms in total. The fourth-order valence-corrected chi connectivity index (χ4v) is 4.22. The molecule has 1 saturated heterocycles. The lowest BCUT2D eigenvalue weighted by atomic mass is 10.2. The van der Waals surface area contributed by atoms with Crippen molar-refractivity contribution in [2.24, 2.45) is 0 Å². The summed E-state index contributed by atoms with van der Waals surface area (Å²) in [6, 6.07) is 8.14. The van der Waals surface area contributed by atoms with Crippen LogP contribution in [0.3, 0.4) is 0 Å². The van der Waals surface area contributed by atoms with Crippen molar-refractivity contribution in [3.05, 3.63) is 66.0 Å². The van der Waals surface area contributed by atoms with Crippen molar-refractivity contribution in [3.63, 3.8) is 0 Å². The second-order valence-electron chi connectivity index (χ2n) is 6.50. The number of pyridine rings is 1. The molecular weight excluding hydrogens is 360 g/mol. The predicted octanol–water partition coefficient (Wildman–Crippen LogP) is 3.72. The summed E-state index contributed by atoms with van der Waals surface area (Å²) in [5, 5.41) is 7.15. The molecule has 0 N–H and O–H groups in total. The van der Waals surface area contributed by atoms with Gasteiger partial charge in [-0.1, -0.05) is 5.16 Å². The summed E-state index contributed by atoms with van der Waals surface area (Å²) in [5.74, 6) is 1.30. The number of nitrogens with zero attached hydrogens (tertiary/aromatic N) is 6. The van der Waals surface area contributed by atoms with Crippen LogP contribution in [-0.2, 0) is 6.54 Å². The molecule has 1 aliphatic rings. The maximum absolute atomic E-state index is 5.61. The number of aromatic nitrogens is 5. The highest BCUT2D eigenvalue weighted by Gasteiger charge is 2.31. The topological polar surface area (TPSA) is 72.9 Å². The molecule has 136 valence electrons. The molecule has 1 aliphatic heterocycles. The molecular formula is C19H18N6OS. The van der Waals surface area contributed by atoms with Gasteiger partial charge in [0.05, 0.1) is 6.04 Å². The van der Waals surface area contributed by atoms with E-state index in [4.69, 9.17) is 4.52 Å². The van der Waals surface area contributed by atoms with Gasteiger partial charge in [0.15, 0.2) is 5.13 Å². The van der Waals surface area contributed by atoms with E-state index in [2.05, 4.69) is 47.9 Å². The zero-order chi connectivity index (χ0) is 18.1. The molecule has 1 atom stereocenters. The van der Waals surface area contributed by atoms with Gasteiger partial charge in [0, 0.05) is 48.0 Å². The molecule has 1 fully saturated rings. The van der Waals surface area contributed by atoms with E-state index in [1.54, 1.807) is 23.7 Å². The summed E-state index contributed by atoms with van der Waals surface area (Å²) in [5.41, 5.74) is 2.13. The van der Waals surface area contributed by atoms with E-state index in [-0.39, 0.29) is 6.04 Å². The average molecular weight is 378 g/mol. The van der Waals surface area contributed by atoms with Crippen molar-refractivity contribution >= 4 is 11.3 Å². The van der Waals surface area contributed by atoms with E-state index < -0.39 is 0 Å². The molecule has 0 aromatic carbocycles. The Hall–Kier alpha value is -2.84. The Morgan fingerprint density at radius 1 is 1.19 bits per heavy atom. The Morgan fingerprint density at radius 2 is 2.11 bits per heavy atom. The van der Waals surface area contributed by atoms with Crippen LogP contribution in [0.1, 0.15) is 30.5 Å². The van der Waals surface area contributed by atoms with Crippen LogP contribution in [-0.4, -0.2) is 36.1 Å². The largest absolute Gasteiger partial charge is 0.337 e. The minimum atomic E-state index is 0.146. The van der Waals surface area contributed by atoms with Crippen LogP contribution in [0.4, 0.5) is 0 Å². The van der Waals surface area contributed by atoms with Gasteiger partial charge in [0.1, 0.15) is 0 Å². The zero-order valence-electron chi connectivity index (χ0n) is 14.6. The van der Waals surface area contributed by atoms with Crippen molar-refractivity contribution in [2.75, 3.05) is 6.54 Å². The molecule has 0 bridgehead atoms. The average Bonchev–Trinajstić information content (AvgIpc) is 3.49. The molecule has 5 heterocycles. The molecule has 0 aliphatic carbocycles. The van der Waals surface area contributed by atoms with Crippen molar-refractivity contribution < 1.29 is 4.52 Å². The van der Waals surface area contributed by atoms with Crippen LogP contribution in [0.2, 0.25) is 0 Å². The number of rotatable bonds is 5. The normalized spacial score (nSPS) is 17.6. The fraction of sp³-hybridized carbons (Fsp3) is 0.263. The highest BCUT2D eigenvalue weighted by molar-refractivity contribution is 7.12. The summed E-state index contributed by atoms with van der Waals surface area (Å²) in [6.07, 6.45) is 9.51. The maximum atomic E-state index is 5.61. The summed E-state index contributed by atoms with van der Waals surface area (Å²) < 4.78 is 7.76. The van der Waals surface area contributed by atoms with E-state index >= 15 is 0 Å². The van der Waals surface area contributed by atoms with E-state index in [1.165, 1.54) is 5.69 Å². The van der Waals surface area contributed by atoms with Crippen molar-refractivity contribution in [1.29, 1.82) is 0 Å². The number of hydrogen-bond donors (Lipinski definition) is 0. The monoisotopic (exact) mass is 378 g/mol. The Balaban J connectivity index is 1.38. The third-order valence-electron chi connectivity index (χ3n) is 4.85. The van der Waals surface area contributed by atoms with Crippen LogP contribution >= 0.6 is 11.3 Å². The Kier molecular flexibility index (Phi) is 4.27. The van der Waals surface area contributed by atoms with Gasteiger partial charge in [-0.15, -0.1) is 11.3 Å². The van der Waals surface area contributed by atoms with E-state index in [0.29, 0.717) is 11.7 Å². The van der Waals surface area contributed by atoms with E-state index in [1.807, 2.05) is 23.7 Å². The highest BCUT2D eigenvalue weighted by atomic mass is 32.1. The van der Waals surface area contributed by atoms with Crippen LogP contribution in [0.25, 0.3) is 16.5 Å². The molecule has 4 aromatic heterocycles. The number of likely N-dealkylation sites (tertiary alicyclic amines) is 1. The van der Waals surface area contributed by atoms with Crippen LogP contribution < -0.4 is 0 Å². The first-order chi connectivity index (χ1) is 13.4. The molecule has 0 amide bonds. The Labute approximate surface area is 160 Å². The Bertz CT molecular complexity index is 1010. The molecule has 0 radical (unpaired) electrons. The van der Waals surface area contributed by atoms with Gasteiger partial charge in [0.2, 0.25) is 11.7 Å². The first-order valence-electron chi connectivity index (χ1n) is 8.92. The van der Waals surface area contributed by atoms with Gasteiger partial charge in [-0.25, -0.2) is 4.98 Å². The van der Waals surface area contributed by atoms with Crippen LogP contribution in [0.5, 0.6) is 0 Å². The molecule has 4 aromatic rings. The predicted molar refractivity (Wildman–Crippen MR) is 101 cm³/mol. The lowest BCUT2D eigenvalue weighted by molar-refractivity contribution is 0.198. The van der Waals surface area contributed by atoms with Gasteiger partial charge in [0.25, 0.3) is 0 Å². The first kappa shape index (κ1) is 16.3. The van der Waals surface area contributed by atoms with Gasteiger partial charge < -0.3 is 4.52 Å². The van der Waals surface area contributed by atoms with Crippen LogP contribution in [0, 0.1) is 0 Å². The quantitative estimate of drug-likeness (QED) is 0.527. The summed E-state index contributed by atoms with van der Waals surface area (Å²) in [4.78, 5) is 15.5. The standard InChI is InChI=1S/C19H18N6OS/c1-3-15(25(11-1)19-21-9-12-27-19)13-24-10-2-4-16(24)18-22-17(23-26-18)14-5-7-20-8-6-14/h1,3,5-9,11-12,16H,2,4,10,13H2. The van der Waals surface area contributed by atoms with Gasteiger partial charge in [-0.3, -0.25) is 14.5 Å². The van der Waals surface area contributed by atoms with E-state index in [0.717, 1.165) is 36.6 Å². The minimum Gasteiger partial charge on any atom is -0.337 e. The van der Waals surface area contributed by atoms with Crippen molar-refractivity contribution in [2.45, 2.75) is 25.4 Å². The highest BCUT2D eigenvalue weighted by Crippen LogP contribution is 2.33. The zero-order valence-corrected chi connectivity index (χ0v) is 15.4. The van der Waals surface area contributed by atoms with Gasteiger partial charge in [-0.2, -0.15) is 4.98 Å². The van der Waals surface area contributed by atoms with Gasteiger partial charge in [-0.05, 0) is 43.7 Å². The molecule has 8 heteroatoms. The van der Waals surface area contributed by atoms with Crippen molar-refractivity contribution in [1.82, 2.24) is 29.6 Å². The second kappa shape index (κ2) is 7.05. The molecule has 5 rings (SSSR count). The van der Waals surface area contributed by atoms with Crippen LogP contribution in [0.15, 0.2) is 59.0 Å². The first-order valence-corrected chi connectivity index (χ1v) is 9.80. The summed E-state index contributed by atoms with van der Waals surface area (Å²) in [7, 11) is 0.